The summed E-state index contributed by atoms with van der Waals surface area (Å²) in [6.07, 6.45) is 26.6. The molecule has 0 aliphatic rings. The maximum Gasteiger partial charge on any atom is 0.103 e. The van der Waals surface area contributed by atoms with Crippen LogP contribution in [0.5, 0.6) is 0 Å². The lowest BCUT2D eigenvalue weighted by atomic mass is 10.0. The van der Waals surface area contributed by atoms with Gasteiger partial charge in [-0.1, -0.05) is 122 Å². The molecule has 2 aromatic rings. The topological polar surface area (TPSA) is 25.8 Å². The van der Waals surface area contributed by atoms with E-state index >= 15 is 0 Å². The third-order valence-corrected chi connectivity index (χ3v) is 7.65. The fourth-order valence-corrected chi connectivity index (χ4v) is 5.19. The Morgan fingerprint density at radius 3 is 1.52 bits per heavy atom. The number of nitrogens with zero attached hydrogens (tertiary/aromatic N) is 2. The molecular weight excluding hydrogens is 468 g/mol. The van der Waals surface area contributed by atoms with Crippen molar-refractivity contribution < 1.29 is 0 Å². The third-order valence-electron chi connectivity index (χ3n) is 7.01. The van der Waals surface area contributed by atoms with Crippen LogP contribution >= 0.6 is 15.9 Å². The number of hydrogen-bond donors (Lipinski definition) is 0. The molecule has 0 atom stereocenters. The van der Waals surface area contributed by atoms with Crippen molar-refractivity contribution in [2.45, 2.75) is 143 Å². The molecule has 0 spiro atoms. The monoisotopic (exact) mass is 516 g/mol. The van der Waals surface area contributed by atoms with Crippen LogP contribution in [0.3, 0.4) is 0 Å². The van der Waals surface area contributed by atoms with Crippen molar-refractivity contribution in [2.24, 2.45) is 0 Å². The zero-order valence-electron chi connectivity index (χ0n) is 21.9. The van der Waals surface area contributed by atoms with Gasteiger partial charge >= 0.3 is 0 Å². The molecular formula is C30H49BrN2. The van der Waals surface area contributed by atoms with Gasteiger partial charge in [0.05, 0.1) is 16.9 Å². The number of benzene rings is 1. The zero-order chi connectivity index (χ0) is 23.7. The van der Waals surface area contributed by atoms with E-state index in [0.717, 1.165) is 27.6 Å². The normalized spacial score (nSPS) is 11.5. The van der Waals surface area contributed by atoms with Gasteiger partial charge in [-0.15, -0.1) is 0 Å². The molecule has 0 saturated carbocycles. The Morgan fingerprint density at radius 1 is 0.576 bits per heavy atom. The van der Waals surface area contributed by atoms with Crippen LogP contribution in [0.4, 0.5) is 0 Å². The second-order valence-electron chi connectivity index (χ2n) is 10.1. The number of hydrogen-bond acceptors (Lipinski definition) is 2. The highest BCUT2D eigenvalue weighted by Gasteiger charge is 2.09. The Balaban J connectivity index is 1.43. The third kappa shape index (κ3) is 11.3. The Bertz CT molecular complexity index is 786. The lowest BCUT2D eigenvalue weighted by molar-refractivity contribution is 0.525. The van der Waals surface area contributed by atoms with Crippen LogP contribution in [0.2, 0.25) is 0 Å². The molecule has 0 amide bonds. The zero-order valence-corrected chi connectivity index (χ0v) is 23.4. The molecule has 0 bridgehead atoms. The second-order valence-corrected chi connectivity index (χ2v) is 10.9. The molecule has 186 valence electrons. The van der Waals surface area contributed by atoms with Crippen LogP contribution in [0.15, 0.2) is 16.6 Å². The molecule has 0 aliphatic carbocycles. The molecule has 33 heavy (non-hydrogen) atoms. The summed E-state index contributed by atoms with van der Waals surface area (Å²) in [5.74, 6) is 0. The van der Waals surface area contributed by atoms with Gasteiger partial charge in [0, 0.05) is 4.47 Å². The molecule has 2 nitrogen and oxygen atoms in total. The van der Waals surface area contributed by atoms with E-state index in [1.165, 1.54) is 127 Å². The van der Waals surface area contributed by atoms with Crippen molar-refractivity contribution in [1.82, 2.24) is 9.97 Å². The van der Waals surface area contributed by atoms with E-state index in [4.69, 9.17) is 9.97 Å². The molecule has 1 aromatic heterocycles. The average molecular weight is 518 g/mol. The van der Waals surface area contributed by atoms with Gasteiger partial charge in [-0.2, -0.15) is 0 Å². The molecule has 0 saturated heterocycles. The van der Waals surface area contributed by atoms with Gasteiger partial charge < -0.3 is 0 Å². The maximum absolute atomic E-state index is 4.96. The number of fused-ring (bicyclic) bond motifs is 1. The van der Waals surface area contributed by atoms with Crippen LogP contribution in [0.25, 0.3) is 11.0 Å². The van der Waals surface area contributed by atoms with E-state index in [1.54, 1.807) is 0 Å². The van der Waals surface area contributed by atoms with Crippen molar-refractivity contribution in [3.8, 4) is 0 Å². The first-order valence-electron chi connectivity index (χ1n) is 14.1. The molecule has 2 rings (SSSR count). The number of aryl methyl sites for hydroxylation is 3. The molecule has 0 radical (unpaired) electrons. The summed E-state index contributed by atoms with van der Waals surface area (Å²) >= 11 is 3.62. The molecule has 0 fully saturated rings. The summed E-state index contributed by atoms with van der Waals surface area (Å²) in [5.41, 5.74) is 5.52. The predicted octanol–water partition coefficient (Wildman–Crippen LogP) is 10.6. The Kier molecular flexibility index (Phi) is 15.0. The highest BCUT2D eigenvalue weighted by Crippen LogP contribution is 2.25. The smallest absolute Gasteiger partial charge is 0.103 e. The quantitative estimate of drug-likeness (QED) is 0.173. The first-order valence-corrected chi connectivity index (χ1v) is 14.8. The van der Waals surface area contributed by atoms with Crippen LogP contribution in [-0.2, 0) is 6.42 Å². The van der Waals surface area contributed by atoms with Gasteiger partial charge in [-0.3, -0.25) is 0 Å². The minimum atomic E-state index is 0.994. The Hall–Kier alpha value is -0.960. The number of aromatic nitrogens is 2. The van der Waals surface area contributed by atoms with Crippen LogP contribution < -0.4 is 0 Å². The molecule has 0 N–H and O–H groups in total. The standard InChI is InChI=1S/C30H49BrN2/c1-4-5-6-7-8-9-10-11-12-13-14-15-16-17-18-19-20-21-22-28-26(3)32-30-27(31)24-23-25(2)29(30)33-28/h23-24H,4-22H2,1-3H3. The molecule has 0 aliphatic heterocycles. The van der Waals surface area contributed by atoms with E-state index in [9.17, 15) is 0 Å². The predicted molar refractivity (Wildman–Crippen MR) is 149 cm³/mol. The van der Waals surface area contributed by atoms with Crippen molar-refractivity contribution in [3.63, 3.8) is 0 Å². The fraction of sp³-hybridized carbons (Fsp3) is 0.733. The molecule has 3 heteroatoms. The first kappa shape index (κ1) is 28.3. The van der Waals surface area contributed by atoms with E-state index in [-0.39, 0.29) is 0 Å². The number of rotatable bonds is 19. The van der Waals surface area contributed by atoms with Crippen molar-refractivity contribution in [1.29, 1.82) is 0 Å². The van der Waals surface area contributed by atoms with Gasteiger partial charge in [0.25, 0.3) is 0 Å². The minimum absolute atomic E-state index is 0.994. The van der Waals surface area contributed by atoms with Gasteiger partial charge in [-0.05, 0) is 54.2 Å². The van der Waals surface area contributed by atoms with Crippen LogP contribution in [-0.4, -0.2) is 9.97 Å². The van der Waals surface area contributed by atoms with E-state index in [2.05, 4.69) is 48.8 Å². The fourth-order valence-electron chi connectivity index (χ4n) is 4.78. The Labute approximate surface area is 212 Å². The minimum Gasteiger partial charge on any atom is -0.249 e. The van der Waals surface area contributed by atoms with E-state index in [1.807, 2.05) is 0 Å². The summed E-state index contributed by atoms with van der Waals surface area (Å²) in [6.45, 7) is 6.52. The molecule has 1 aromatic carbocycles. The summed E-state index contributed by atoms with van der Waals surface area (Å²) < 4.78 is 1.04. The van der Waals surface area contributed by atoms with E-state index < -0.39 is 0 Å². The lowest BCUT2D eigenvalue weighted by Crippen LogP contribution is -2.00. The summed E-state index contributed by atoms with van der Waals surface area (Å²) in [4.78, 5) is 9.78. The highest BCUT2D eigenvalue weighted by atomic mass is 79.9. The van der Waals surface area contributed by atoms with Gasteiger partial charge in [-0.25, -0.2) is 9.97 Å². The van der Waals surface area contributed by atoms with Gasteiger partial charge in [0.15, 0.2) is 0 Å². The van der Waals surface area contributed by atoms with E-state index in [0.29, 0.717) is 0 Å². The summed E-state index contributed by atoms with van der Waals surface area (Å²) in [6, 6.07) is 4.19. The maximum atomic E-state index is 4.96. The second kappa shape index (κ2) is 17.5. The van der Waals surface area contributed by atoms with Crippen molar-refractivity contribution >= 4 is 27.0 Å². The van der Waals surface area contributed by atoms with Crippen molar-refractivity contribution in [2.75, 3.05) is 0 Å². The highest BCUT2D eigenvalue weighted by molar-refractivity contribution is 9.10. The number of halogens is 1. The van der Waals surface area contributed by atoms with Gasteiger partial charge in [0.2, 0.25) is 0 Å². The summed E-state index contributed by atoms with van der Waals surface area (Å²) in [7, 11) is 0. The van der Waals surface area contributed by atoms with Gasteiger partial charge in [0.1, 0.15) is 5.52 Å². The largest absolute Gasteiger partial charge is 0.249 e. The summed E-state index contributed by atoms with van der Waals surface area (Å²) in [5, 5.41) is 0. The SMILES string of the molecule is CCCCCCCCCCCCCCCCCCCCc1nc2c(C)ccc(Br)c2nc1C. The molecule has 1 heterocycles. The van der Waals surface area contributed by atoms with Crippen LogP contribution in [0.1, 0.15) is 139 Å². The van der Waals surface area contributed by atoms with Crippen molar-refractivity contribution in [3.05, 3.63) is 33.6 Å². The first-order chi connectivity index (χ1) is 16.1. The Morgan fingerprint density at radius 2 is 1.03 bits per heavy atom. The number of unbranched alkanes of at least 4 members (excludes halogenated alkanes) is 17. The lowest BCUT2D eigenvalue weighted by Gasteiger charge is -2.09. The molecule has 0 unspecified atom stereocenters. The average Bonchev–Trinajstić information content (AvgIpc) is 2.81. The van der Waals surface area contributed by atoms with Crippen LogP contribution in [0, 0.1) is 13.8 Å².